The van der Waals surface area contributed by atoms with Gasteiger partial charge in [0, 0.05) is 42.5 Å². The molecule has 3 atom stereocenters. The van der Waals surface area contributed by atoms with Crippen molar-refractivity contribution >= 4 is 5.78 Å². The van der Waals surface area contributed by atoms with E-state index in [9.17, 15) is 8.78 Å². The summed E-state index contributed by atoms with van der Waals surface area (Å²) in [6.45, 7) is 3.65. The molecule has 9 heteroatoms. The standard InChI is InChI=1S/C19H20F2N6O/c1-10-24-19-23-6-11-7-26(8-17(11)27(19)25-10)13-5-16(22)18(28-9-13)14-4-12(20)2-3-15(14)21/h2-4,6,13,16,18H,5,7-9,22H2,1H3/t13-,16+,18?/m1/s1. The number of hydrogen-bond acceptors (Lipinski definition) is 6. The number of halogens is 2. The summed E-state index contributed by atoms with van der Waals surface area (Å²) < 4.78 is 35.4. The maximum atomic E-state index is 14.1. The minimum atomic E-state index is -0.650. The van der Waals surface area contributed by atoms with Crippen LogP contribution in [0, 0.1) is 18.6 Å². The molecular weight excluding hydrogens is 366 g/mol. The lowest BCUT2D eigenvalue weighted by Gasteiger charge is -2.38. The lowest BCUT2D eigenvalue weighted by atomic mass is 9.93. The Kier molecular flexibility index (Phi) is 4.11. The van der Waals surface area contributed by atoms with Crippen LogP contribution < -0.4 is 5.73 Å². The summed E-state index contributed by atoms with van der Waals surface area (Å²) >= 11 is 0. The van der Waals surface area contributed by atoms with Crippen LogP contribution in [0.25, 0.3) is 5.78 Å². The van der Waals surface area contributed by atoms with E-state index in [2.05, 4.69) is 20.0 Å². The molecule has 3 aromatic rings. The van der Waals surface area contributed by atoms with Crippen molar-refractivity contribution in [3.8, 4) is 0 Å². The molecule has 1 aromatic carbocycles. The zero-order valence-corrected chi connectivity index (χ0v) is 15.3. The highest BCUT2D eigenvalue weighted by atomic mass is 19.1. The third-order valence-corrected chi connectivity index (χ3v) is 5.57. The van der Waals surface area contributed by atoms with E-state index in [4.69, 9.17) is 10.5 Å². The molecule has 0 bridgehead atoms. The van der Waals surface area contributed by atoms with Crippen LogP contribution in [-0.2, 0) is 17.8 Å². The molecule has 2 aliphatic rings. The van der Waals surface area contributed by atoms with Gasteiger partial charge in [-0.15, -0.1) is 5.10 Å². The third kappa shape index (κ3) is 2.86. The Morgan fingerprint density at radius 1 is 1.25 bits per heavy atom. The number of nitrogens with zero attached hydrogens (tertiary/aromatic N) is 5. The summed E-state index contributed by atoms with van der Waals surface area (Å²) in [5.41, 5.74) is 8.65. The van der Waals surface area contributed by atoms with Crippen LogP contribution in [0.5, 0.6) is 0 Å². The molecule has 2 aliphatic heterocycles. The molecular formula is C19H20F2N6O. The number of nitrogens with two attached hydrogens (primary N) is 1. The van der Waals surface area contributed by atoms with E-state index in [1.54, 1.807) is 4.52 Å². The number of ether oxygens (including phenoxy) is 1. The topological polar surface area (TPSA) is 81.6 Å². The normalized spacial score (nSPS) is 25.4. The predicted molar refractivity (Wildman–Crippen MR) is 96.2 cm³/mol. The second-order valence-corrected chi connectivity index (χ2v) is 7.48. The molecule has 0 radical (unpaired) electrons. The molecule has 5 rings (SSSR count). The minimum absolute atomic E-state index is 0.0786. The maximum absolute atomic E-state index is 14.1. The fourth-order valence-corrected chi connectivity index (χ4v) is 4.19. The number of fused-ring (bicyclic) bond motifs is 3. The molecule has 0 spiro atoms. The van der Waals surface area contributed by atoms with Gasteiger partial charge in [0.2, 0.25) is 0 Å². The van der Waals surface area contributed by atoms with Crippen LogP contribution in [-0.4, -0.2) is 43.2 Å². The van der Waals surface area contributed by atoms with Crippen molar-refractivity contribution in [2.45, 2.75) is 44.6 Å². The van der Waals surface area contributed by atoms with Crippen molar-refractivity contribution < 1.29 is 13.5 Å². The number of rotatable bonds is 2. The van der Waals surface area contributed by atoms with Gasteiger partial charge in [0.25, 0.3) is 5.78 Å². The molecule has 1 saturated heterocycles. The average molecular weight is 386 g/mol. The van der Waals surface area contributed by atoms with Crippen molar-refractivity contribution in [3.05, 3.63) is 58.7 Å². The first-order valence-corrected chi connectivity index (χ1v) is 9.26. The number of aromatic nitrogens is 4. The number of hydrogen-bond donors (Lipinski definition) is 1. The monoisotopic (exact) mass is 386 g/mol. The van der Waals surface area contributed by atoms with E-state index in [1.165, 1.54) is 6.07 Å². The Morgan fingerprint density at radius 2 is 2.11 bits per heavy atom. The summed E-state index contributed by atoms with van der Waals surface area (Å²) in [7, 11) is 0. The molecule has 28 heavy (non-hydrogen) atoms. The van der Waals surface area contributed by atoms with Crippen LogP contribution in [0.3, 0.4) is 0 Å². The minimum Gasteiger partial charge on any atom is -0.370 e. The van der Waals surface area contributed by atoms with Crippen molar-refractivity contribution in [1.29, 1.82) is 0 Å². The Labute approximate surface area is 160 Å². The molecule has 146 valence electrons. The van der Waals surface area contributed by atoms with E-state index in [-0.39, 0.29) is 11.6 Å². The summed E-state index contributed by atoms with van der Waals surface area (Å²) in [6, 6.07) is 3.03. The smallest absolute Gasteiger partial charge is 0.252 e. The second-order valence-electron chi connectivity index (χ2n) is 7.48. The molecule has 0 aliphatic carbocycles. The highest BCUT2D eigenvalue weighted by molar-refractivity contribution is 5.35. The van der Waals surface area contributed by atoms with Gasteiger partial charge in [0.05, 0.1) is 12.3 Å². The quantitative estimate of drug-likeness (QED) is 0.724. The zero-order chi connectivity index (χ0) is 19.4. The van der Waals surface area contributed by atoms with E-state index in [0.717, 1.165) is 29.9 Å². The Morgan fingerprint density at radius 3 is 2.93 bits per heavy atom. The van der Waals surface area contributed by atoms with Crippen molar-refractivity contribution in [3.63, 3.8) is 0 Å². The van der Waals surface area contributed by atoms with Gasteiger partial charge in [-0.25, -0.2) is 13.8 Å². The molecule has 2 aromatic heterocycles. The van der Waals surface area contributed by atoms with E-state index in [1.807, 2.05) is 13.1 Å². The molecule has 1 fully saturated rings. The second kappa shape index (κ2) is 6.54. The van der Waals surface area contributed by atoms with Gasteiger partial charge in [-0.2, -0.15) is 9.50 Å². The first-order chi connectivity index (χ1) is 13.5. The van der Waals surface area contributed by atoms with Gasteiger partial charge >= 0.3 is 0 Å². The van der Waals surface area contributed by atoms with Crippen LogP contribution in [0.1, 0.15) is 35.2 Å². The van der Waals surface area contributed by atoms with Gasteiger partial charge in [0.15, 0.2) is 0 Å². The van der Waals surface area contributed by atoms with Crippen LogP contribution in [0.2, 0.25) is 0 Å². The van der Waals surface area contributed by atoms with Gasteiger partial charge in [-0.3, -0.25) is 4.90 Å². The van der Waals surface area contributed by atoms with Crippen LogP contribution in [0.4, 0.5) is 8.78 Å². The van der Waals surface area contributed by atoms with E-state index < -0.39 is 23.8 Å². The largest absolute Gasteiger partial charge is 0.370 e. The molecule has 7 nitrogen and oxygen atoms in total. The van der Waals surface area contributed by atoms with Gasteiger partial charge in [-0.1, -0.05) is 0 Å². The Balaban J connectivity index is 1.34. The van der Waals surface area contributed by atoms with Crippen LogP contribution >= 0.6 is 0 Å². The first-order valence-electron chi connectivity index (χ1n) is 9.26. The summed E-state index contributed by atoms with van der Waals surface area (Å²) in [4.78, 5) is 10.9. The highest BCUT2D eigenvalue weighted by Crippen LogP contribution is 2.34. The Bertz CT molecular complexity index is 1050. The molecule has 2 N–H and O–H groups in total. The lowest BCUT2D eigenvalue weighted by molar-refractivity contribution is -0.0532. The summed E-state index contributed by atoms with van der Waals surface area (Å²) in [5.74, 6) is 0.284. The molecule has 0 saturated carbocycles. The molecule has 4 heterocycles. The predicted octanol–water partition coefficient (Wildman–Crippen LogP) is 1.88. The molecule has 1 unspecified atom stereocenters. The number of benzene rings is 1. The zero-order valence-electron chi connectivity index (χ0n) is 15.3. The van der Waals surface area contributed by atoms with Crippen molar-refractivity contribution in [1.82, 2.24) is 24.5 Å². The summed E-state index contributed by atoms with van der Waals surface area (Å²) in [6.07, 6.45) is 1.82. The van der Waals surface area contributed by atoms with Gasteiger partial charge in [0.1, 0.15) is 23.6 Å². The fraction of sp³-hybridized carbons (Fsp3) is 0.421. The first kappa shape index (κ1) is 17.6. The van der Waals surface area contributed by atoms with Gasteiger partial charge in [-0.05, 0) is 31.5 Å². The summed E-state index contributed by atoms with van der Waals surface area (Å²) in [5, 5.41) is 4.43. The third-order valence-electron chi connectivity index (χ3n) is 5.57. The fourth-order valence-electron chi connectivity index (χ4n) is 4.19. The highest BCUT2D eigenvalue weighted by Gasteiger charge is 2.37. The van der Waals surface area contributed by atoms with E-state index >= 15 is 0 Å². The van der Waals surface area contributed by atoms with Crippen molar-refractivity contribution in [2.75, 3.05) is 6.61 Å². The SMILES string of the molecule is Cc1nc2ncc3c(n2n1)CN([C@H]1COC(c2cc(F)ccc2F)[C@@H](N)C1)C3. The van der Waals surface area contributed by atoms with Crippen LogP contribution in [0.15, 0.2) is 24.4 Å². The lowest BCUT2D eigenvalue weighted by Crippen LogP contribution is -2.47. The van der Waals surface area contributed by atoms with Crippen molar-refractivity contribution in [2.24, 2.45) is 5.73 Å². The van der Waals surface area contributed by atoms with Gasteiger partial charge < -0.3 is 10.5 Å². The average Bonchev–Trinajstić information content (AvgIpc) is 3.26. The molecule has 0 amide bonds. The Hall–Kier alpha value is -2.49. The van der Waals surface area contributed by atoms with E-state index in [0.29, 0.717) is 31.2 Å². The number of aryl methyl sites for hydroxylation is 1. The maximum Gasteiger partial charge on any atom is 0.252 e.